The Hall–Kier alpha value is -1.35. The first kappa shape index (κ1) is 10.7. The Kier molecular flexibility index (Phi) is 3.25. The summed E-state index contributed by atoms with van der Waals surface area (Å²) in [6, 6.07) is 5.38. The molecule has 0 aliphatic heterocycles. The van der Waals surface area contributed by atoms with Gasteiger partial charge in [-0.05, 0) is 30.5 Å². The number of aryl methyl sites for hydroxylation is 1. The van der Waals surface area contributed by atoms with E-state index in [4.69, 9.17) is 10.2 Å². The second-order valence-electron chi connectivity index (χ2n) is 3.41. The Balaban J connectivity index is 3.11. The molecule has 0 heterocycles. The number of hydrogen-bond acceptors (Lipinski definition) is 2. The largest absolute Gasteiger partial charge is 0.481 e. The van der Waals surface area contributed by atoms with Crippen LogP contribution in [0.25, 0.3) is 0 Å². The molecule has 1 unspecified atom stereocenters. The Morgan fingerprint density at radius 1 is 1.50 bits per heavy atom. The van der Waals surface area contributed by atoms with E-state index in [2.05, 4.69) is 0 Å². The lowest BCUT2D eigenvalue weighted by Gasteiger charge is -2.11. The first-order valence-electron chi connectivity index (χ1n) is 4.49. The minimum Gasteiger partial charge on any atom is -0.481 e. The average Bonchev–Trinajstić information content (AvgIpc) is 2.17. The molecular formula is C11H14O3. The molecule has 0 saturated heterocycles. The number of carboxylic acid groups (broad SMARTS) is 1. The monoisotopic (exact) mass is 194 g/mol. The molecule has 76 valence electrons. The highest BCUT2D eigenvalue weighted by atomic mass is 16.4. The van der Waals surface area contributed by atoms with Crippen molar-refractivity contribution in [3.63, 3.8) is 0 Å². The van der Waals surface area contributed by atoms with Crippen LogP contribution in [0.1, 0.15) is 29.5 Å². The predicted molar refractivity (Wildman–Crippen MR) is 53.2 cm³/mol. The average molecular weight is 194 g/mol. The molecule has 0 spiro atoms. The molecule has 14 heavy (non-hydrogen) atoms. The van der Waals surface area contributed by atoms with Crippen molar-refractivity contribution >= 4 is 5.97 Å². The Labute approximate surface area is 83.0 Å². The van der Waals surface area contributed by atoms with E-state index in [-0.39, 0.29) is 6.61 Å². The van der Waals surface area contributed by atoms with Crippen LogP contribution in [0.4, 0.5) is 0 Å². The van der Waals surface area contributed by atoms with Crippen molar-refractivity contribution in [1.29, 1.82) is 0 Å². The lowest BCUT2D eigenvalue weighted by Crippen LogP contribution is -2.09. The molecule has 1 aromatic rings. The highest BCUT2D eigenvalue weighted by molar-refractivity contribution is 5.76. The molecule has 0 fully saturated rings. The second kappa shape index (κ2) is 4.24. The van der Waals surface area contributed by atoms with Gasteiger partial charge in [0.05, 0.1) is 12.5 Å². The van der Waals surface area contributed by atoms with Crippen LogP contribution in [-0.2, 0) is 11.4 Å². The van der Waals surface area contributed by atoms with Gasteiger partial charge in [-0.1, -0.05) is 18.2 Å². The minimum absolute atomic E-state index is 0.0559. The van der Waals surface area contributed by atoms with Gasteiger partial charge in [0.1, 0.15) is 0 Å². The highest BCUT2D eigenvalue weighted by Crippen LogP contribution is 2.21. The smallest absolute Gasteiger partial charge is 0.310 e. The molecule has 0 aliphatic carbocycles. The Bertz CT molecular complexity index is 344. The third-order valence-electron chi connectivity index (χ3n) is 2.36. The van der Waals surface area contributed by atoms with Crippen molar-refractivity contribution in [3.8, 4) is 0 Å². The first-order chi connectivity index (χ1) is 6.56. The lowest BCUT2D eigenvalue weighted by molar-refractivity contribution is -0.138. The summed E-state index contributed by atoms with van der Waals surface area (Å²) in [4.78, 5) is 10.8. The number of aliphatic hydroxyl groups is 1. The predicted octanol–water partition coefficient (Wildman–Crippen LogP) is 1.68. The number of rotatable bonds is 3. The second-order valence-corrected chi connectivity index (χ2v) is 3.41. The van der Waals surface area contributed by atoms with Gasteiger partial charge in [0.25, 0.3) is 0 Å². The molecule has 0 bridgehead atoms. The van der Waals surface area contributed by atoms with Crippen LogP contribution >= 0.6 is 0 Å². The van der Waals surface area contributed by atoms with Crippen LogP contribution in [0.15, 0.2) is 18.2 Å². The van der Waals surface area contributed by atoms with Crippen LogP contribution in [0.5, 0.6) is 0 Å². The summed E-state index contributed by atoms with van der Waals surface area (Å²) >= 11 is 0. The summed E-state index contributed by atoms with van der Waals surface area (Å²) in [6.45, 7) is 3.46. The maximum atomic E-state index is 10.8. The van der Waals surface area contributed by atoms with Crippen molar-refractivity contribution in [2.45, 2.75) is 26.4 Å². The van der Waals surface area contributed by atoms with E-state index in [0.717, 1.165) is 16.7 Å². The Morgan fingerprint density at radius 2 is 2.14 bits per heavy atom. The van der Waals surface area contributed by atoms with Gasteiger partial charge in [-0.15, -0.1) is 0 Å². The van der Waals surface area contributed by atoms with Crippen LogP contribution in [0.3, 0.4) is 0 Å². The van der Waals surface area contributed by atoms with Gasteiger partial charge in [-0.2, -0.15) is 0 Å². The first-order valence-corrected chi connectivity index (χ1v) is 4.49. The van der Waals surface area contributed by atoms with E-state index in [1.165, 1.54) is 0 Å². The summed E-state index contributed by atoms with van der Waals surface area (Å²) in [5.74, 6) is -1.37. The third-order valence-corrected chi connectivity index (χ3v) is 2.36. The van der Waals surface area contributed by atoms with E-state index in [1.807, 2.05) is 13.0 Å². The van der Waals surface area contributed by atoms with Crippen molar-refractivity contribution in [1.82, 2.24) is 0 Å². The van der Waals surface area contributed by atoms with Crippen LogP contribution in [-0.4, -0.2) is 16.2 Å². The molecule has 3 nitrogen and oxygen atoms in total. The third kappa shape index (κ3) is 2.12. The summed E-state index contributed by atoms with van der Waals surface area (Å²) in [6.07, 6.45) is 0. The molecule has 0 aliphatic rings. The van der Waals surface area contributed by atoms with E-state index in [1.54, 1.807) is 19.1 Å². The Morgan fingerprint density at radius 3 is 2.64 bits per heavy atom. The number of aliphatic carboxylic acids is 1. The molecule has 1 atom stereocenters. The van der Waals surface area contributed by atoms with Crippen LogP contribution in [0.2, 0.25) is 0 Å². The molecule has 0 radical (unpaired) electrons. The maximum absolute atomic E-state index is 10.8. The quantitative estimate of drug-likeness (QED) is 0.769. The number of aliphatic hydroxyl groups excluding tert-OH is 1. The SMILES string of the molecule is Cc1ccc(CO)cc1C(C)C(=O)O. The van der Waals surface area contributed by atoms with Crippen LogP contribution < -0.4 is 0 Å². The highest BCUT2D eigenvalue weighted by Gasteiger charge is 2.15. The number of benzene rings is 1. The van der Waals surface area contributed by atoms with Gasteiger partial charge >= 0.3 is 5.97 Å². The zero-order valence-corrected chi connectivity index (χ0v) is 8.32. The molecule has 0 aromatic heterocycles. The van der Waals surface area contributed by atoms with Gasteiger partial charge in [0, 0.05) is 0 Å². The molecule has 1 aromatic carbocycles. The minimum atomic E-state index is -0.844. The fourth-order valence-corrected chi connectivity index (χ4v) is 1.39. The summed E-state index contributed by atoms with van der Waals surface area (Å²) in [5.41, 5.74) is 2.46. The summed E-state index contributed by atoms with van der Waals surface area (Å²) < 4.78 is 0. The molecule has 0 saturated carbocycles. The summed E-state index contributed by atoms with van der Waals surface area (Å²) in [7, 11) is 0. The van der Waals surface area contributed by atoms with Gasteiger partial charge in [-0.25, -0.2) is 0 Å². The van der Waals surface area contributed by atoms with Crippen molar-refractivity contribution in [2.24, 2.45) is 0 Å². The van der Waals surface area contributed by atoms with Gasteiger partial charge in [0.2, 0.25) is 0 Å². The molecular weight excluding hydrogens is 180 g/mol. The molecule has 2 N–H and O–H groups in total. The lowest BCUT2D eigenvalue weighted by atomic mass is 9.95. The maximum Gasteiger partial charge on any atom is 0.310 e. The number of hydrogen-bond donors (Lipinski definition) is 2. The van der Waals surface area contributed by atoms with Crippen molar-refractivity contribution in [3.05, 3.63) is 34.9 Å². The van der Waals surface area contributed by atoms with E-state index in [9.17, 15) is 4.79 Å². The fraction of sp³-hybridized carbons (Fsp3) is 0.364. The zero-order chi connectivity index (χ0) is 10.7. The standard InChI is InChI=1S/C11H14O3/c1-7-3-4-9(6-12)5-10(7)8(2)11(13)14/h3-5,8,12H,6H2,1-2H3,(H,13,14). The molecule has 0 amide bonds. The van der Waals surface area contributed by atoms with Crippen LogP contribution in [0, 0.1) is 6.92 Å². The normalized spacial score (nSPS) is 12.5. The molecule has 3 heteroatoms. The van der Waals surface area contributed by atoms with Crippen molar-refractivity contribution < 1.29 is 15.0 Å². The molecule has 1 rings (SSSR count). The number of carboxylic acids is 1. The number of carbonyl (C=O) groups is 1. The van der Waals surface area contributed by atoms with E-state index >= 15 is 0 Å². The topological polar surface area (TPSA) is 57.5 Å². The van der Waals surface area contributed by atoms with E-state index in [0.29, 0.717) is 0 Å². The van der Waals surface area contributed by atoms with Gasteiger partial charge in [0.15, 0.2) is 0 Å². The van der Waals surface area contributed by atoms with E-state index < -0.39 is 11.9 Å². The zero-order valence-electron chi connectivity index (χ0n) is 8.32. The van der Waals surface area contributed by atoms with Crippen molar-refractivity contribution in [2.75, 3.05) is 0 Å². The van der Waals surface area contributed by atoms with Gasteiger partial charge < -0.3 is 10.2 Å². The summed E-state index contributed by atoms with van der Waals surface area (Å²) in [5, 5.41) is 17.8. The fourth-order valence-electron chi connectivity index (χ4n) is 1.39. The van der Waals surface area contributed by atoms with Gasteiger partial charge in [-0.3, -0.25) is 4.79 Å².